The van der Waals surface area contributed by atoms with E-state index in [1.807, 2.05) is 0 Å². The zero-order valence-electron chi connectivity index (χ0n) is 8.05. The van der Waals surface area contributed by atoms with Crippen LogP contribution in [0.5, 0.6) is 0 Å². The number of benzene rings is 1. The molecule has 0 saturated heterocycles. The van der Waals surface area contributed by atoms with Crippen LogP contribution in [0.2, 0.25) is 0 Å². The maximum atomic E-state index is 6.26. The SMILES string of the molecule is ClC1CCCC1Cc1ccc(I)cc1. The van der Waals surface area contributed by atoms with Gasteiger partial charge in [-0.25, -0.2) is 0 Å². The highest BCUT2D eigenvalue weighted by atomic mass is 127. The van der Waals surface area contributed by atoms with Gasteiger partial charge >= 0.3 is 0 Å². The summed E-state index contributed by atoms with van der Waals surface area (Å²) >= 11 is 8.60. The molecule has 2 unspecified atom stereocenters. The quantitative estimate of drug-likeness (QED) is 0.565. The van der Waals surface area contributed by atoms with Crippen molar-refractivity contribution in [2.45, 2.75) is 31.1 Å². The van der Waals surface area contributed by atoms with Gasteiger partial charge < -0.3 is 0 Å². The third-order valence-corrected chi connectivity index (χ3v) is 4.27. The second-order valence-electron chi connectivity index (χ2n) is 4.04. The Morgan fingerprint density at radius 1 is 1.21 bits per heavy atom. The van der Waals surface area contributed by atoms with Crippen LogP contribution in [0.1, 0.15) is 24.8 Å². The third-order valence-electron chi connectivity index (χ3n) is 2.98. The zero-order valence-corrected chi connectivity index (χ0v) is 11.0. The summed E-state index contributed by atoms with van der Waals surface area (Å²) in [5.74, 6) is 0.705. The molecule has 0 nitrogen and oxygen atoms in total. The Morgan fingerprint density at radius 3 is 2.50 bits per heavy atom. The molecule has 2 atom stereocenters. The Morgan fingerprint density at radius 2 is 1.93 bits per heavy atom. The molecular formula is C12H14ClI. The highest BCUT2D eigenvalue weighted by Crippen LogP contribution is 2.32. The number of alkyl halides is 1. The number of rotatable bonds is 2. The topological polar surface area (TPSA) is 0 Å². The Balaban J connectivity index is 2.00. The zero-order chi connectivity index (χ0) is 9.97. The van der Waals surface area contributed by atoms with Crippen molar-refractivity contribution in [2.24, 2.45) is 5.92 Å². The van der Waals surface area contributed by atoms with E-state index < -0.39 is 0 Å². The van der Waals surface area contributed by atoms with Crippen LogP contribution in [-0.2, 0) is 6.42 Å². The van der Waals surface area contributed by atoms with Gasteiger partial charge in [0.15, 0.2) is 0 Å². The predicted molar refractivity (Wildman–Crippen MR) is 69.8 cm³/mol. The minimum Gasteiger partial charge on any atom is -0.123 e. The normalized spacial score (nSPS) is 26.7. The maximum absolute atomic E-state index is 6.26. The summed E-state index contributed by atoms with van der Waals surface area (Å²) in [7, 11) is 0. The van der Waals surface area contributed by atoms with Crippen molar-refractivity contribution in [3.8, 4) is 0 Å². The highest BCUT2D eigenvalue weighted by Gasteiger charge is 2.24. The lowest BCUT2D eigenvalue weighted by Gasteiger charge is -2.13. The molecular weight excluding hydrogens is 306 g/mol. The van der Waals surface area contributed by atoms with Gasteiger partial charge in [-0.15, -0.1) is 11.6 Å². The average Bonchev–Trinajstić information content (AvgIpc) is 2.56. The molecule has 0 aromatic heterocycles. The van der Waals surface area contributed by atoms with Gasteiger partial charge in [-0.2, -0.15) is 0 Å². The second kappa shape index (κ2) is 4.84. The lowest BCUT2D eigenvalue weighted by molar-refractivity contribution is 0.552. The summed E-state index contributed by atoms with van der Waals surface area (Å²) in [5, 5.41) is 0.411. The van der Waals surface area contributed by atoms with E-state index >= 15 is 0 Å². The summed E-state index contributed by atoms with van der Waals surface area (Å²) < 4.78 is 1.31. The molecule has 0 heterocycles. The molecule has 14 heavy (non-hydrogen) atoms. The fraction of sp³-hybridized carbons (Fsp3) is 0.500. The van der Waals surface area contributed by atoms with E-state index in [0.29, 0.717) is 11.3 Å². The van der Waals surface area contributed by atoms with Crippen molar-refractivity contribution in [1.82, 2.24) is 0 Å². The van der Waals surface area contributed by atoms with Crippen LogP contribution in [0.4, 0.5) is 0 Å². The van der Waals surface area contributed by atoms with Crippen LogP contribution in [0.15, 0.2) is 24.3 Å². The van der Waals surface area contributed by atoms with Crippen LogP contribution in [0.3, 0.4) is 0 Å². The molecule has 1 aliphatic carbocycles. The van der Waals surface area contributed by atoms with E-state index in [-0.39, 0.29) is 0 Å². The highest BCUT2D eigenvalue weighted by molar-refractivity contribution is 14.1. The van der Waals surface area contributed by atoms with Gasteiger partial charge in [0.2, 0.25) is 0 Å². The Kier molecular flexibility index (Phi) is 3.72. The average molecular weight is 321 g/mol. The summed E-state index contributed by atoms with van der Waals surface area (Å²) in [6.07, 6.45) is 4.98. The van der Waals surface area contributed by atoms with Crippen molar-refractivity contribution < 1.29 is 0 Å². The van der Waals surface area contributed by atoms with Crippen LogP contribution >= 0.6 is 34.2 Å². The monoisotopic (exact) mass is 320 g/mol. The molecule has 0 radical (unpaired) electrons. The molecule has 1 saturated carbocycles. The molecule has 0 aliphatic heterocycles. The molecule has 0 spiro atoms. The molecule has 0 N–H and O–H groups in total. The molecule has 76 valence electrons. The minimum atomic E-state index is 0.411. The van der Waals surface area contributed by atoms with Crippen molar-refractivity contribution in [2.75, 3.05) is 0 Å². The van der Waals surface area contributed by atoms with Gasteiger partial charge in [0.1, 0.15) is 0 Å². The van der Waals surface area contributed by atoms with E-state index in [1.54, 1.807) is 0 Å². The van der Waals surface area contributed by atoms with Crippen molar-refractivity contribution in [3.63, 3.8) is 0 Å². The van der Waals surface area contributed by atoms with E-state index in [4.69, 9.17) is 11.6 Å². The summed E-state index contributed by atoms with van der Waals surface area (Å²) in [6, 6.07) is 8.80. The molecule has 1 aliphatic rings. The predicted octanol–water partition coefficient (Wildman–Crippen LogP) is 4.24. The minimum absolute atomic E-state index is 0.411. The first kappa shape index (κ1) is 10.7. The molecule has 0 bridgehead atoms. The molecule has 1 aromatic rings. The number of hydrogen-bond donors (Lipinski definition) is 0. The van der Waals surface area contributed by atoms with Gasteiger partial charge in [-0.05, 0) is 65.5 Å². The Labute approximate surface area is 104 Å². The second-order valence-corrected chi connectivity index (χ2v) is 5.84. The molecule has 1 aromatic carbocycles. The van der Waals surface area contributed by atoms with Gasteiger partial charge in [-0.1, -0.05) is 18.6 Å². The van der Waals surface area contributed by atoms with E-state index in [0.717, 1.165) is 6.42 Å². The molecule has 2 heteroatoms. The Hall–Kier alpha value is 0.240. The van der Waals surface area contributed by atoms with Gasteiger partial charge in [0.25, 0.3) is 0 Å². The van der Waals surface area contributed by atoms with Gasteiger partial charge in [0, 0.05) is 8.95 Å². The summed E-state index contributed by atoms with van der Waals surface area (Å²) in [4.78, 5) is 0. The third kappa shape index (κ3) is 2.63. The largest absolute Gasteiger partial charge is 0.123 e. The molecule has 1 fully saturated rings. The first-order valence-electron chi connectivity index (χ1n) is 5.14. The summed E-state index contributed by atoms with van der Waals surface area (Å²) in [6.45, 7) is 0. The van der Waals surface area contributed by atoms with Crippen LogP contribution in [0.25, 0.3) is 0 Å². The molecule has 0 amide bonds. The van der Waals surface area contributed by atoms with E-state index in [2.05, 4.69) is 46.9 Å². The van der Waals surface area contributed by atoms with Crippen LogP contribution in [0, 0.1) is 9.49 Å². The first-order valence-corrected chi connectivity index (χ1v) is 6.66. The molecule has 2 rings (SSSR count). The standard InChI is InChI=1S/C12H14ClI/c13-12-3-1-2-10(12)8-9-4-6-11(14)7-5-9/h4-7,10,12H,1-3,8H2. The lowest BCUT2D eigenvalue weighted by atomic mass is 9.98. The fourth-order valence-electron chi connectivity index (χ4n) is 2.14. The van der Waals surface area contributed by atoms with E-state index in [9.17, 15) is 0 Å². The van der Waals surface area contributed by atoms with E-state index in [1.165, 1.54) is 28.4 Å². The van der Waals surface area contributed by atoms with Gasteiger partial charge in [-0.3, -0.25) is 0 Å². The van der Waals surface area contributed by atoms with Crippen molar-refractivity contribution >= 4 is 34.2 Å². The number of halogens is 2. The summed E-state index contributed by atoms with van der Waals surface area (Å²) in [5.41, 5.74) is 1.43. The number of hydrogen-bond acceptors (Lipinski definition) is 0. The fourth-order valence-corrected chi connectivity index (χ4v) is 2.87. The smallest absolute Gasteiger partial charge is 0.0367 e. The van der Waals surface area contributed by atoms with Crippen LogP contribution in [-0.4, -0.2) is 5.38 Å². The van der Waals surface area contributed by atoms with Crippen LogP contribution < -0.4 is 0 Å². The van der Waals surface area contributed by atoms with Crippen molar-refractivity contribution in [3.05, 3.63) is 33.4 Å². The van der Waals surface area contributed by atoms with Crippen molar-refractivity contribution in [1.29, 1.82) is 0 Å². The maximum Gasteiger partial charge on any atom is 0.0367 e. The first-order chi connectivity index (χ1) is 6.75. The van der Waals surface area contributed by atoms with Gasteiger partial charge in [0.05, 0.1) is 0 Å². The Bertz CT molecular complexity index is 294. The lowest BCUT2D eigenvalue weighted by Crippen LogP contribution is -2.09.